The van der Waals surface area contributed by atoms with E-state index in [2.05, 4.69) is 21.7 Å². The summed E-state index contributed by atoms with van der Waals surface area (Å²) in [5.41, 5.74) is -1.97. The fourth-order valence-corrected chi connectivity index (χ4v) is 10.3. The number of aliphatic hydroxyl groups is 1. The summed E-state index contributed by atoms with van der Waals surface area (Å²) in [7, 11) is 1.38. The lowest BCUT2D eigenvalue weighted by Gasteiger charge is -2.56. The van der Waals surface area contributed by atoms with Crippen molar-refractivity contribution in [2.24, 2.45) is 10.8 Å². The van der Waals surface area contributed by atoms with Crippen LogP contribution in [-0.4, -0.2) is 108 Å². The molecule has 5 fully saturated rings. The van der Waals surface area contributed by atoms with Gasteiger partial charge in [-0.1, -0.05) is 24.3 Å². The Morgan fingerprint density at radius 3 is 2.59 bits per heavy atom. The highest BCUT2D eigenvalue weighted by Gasteiger charge is 2.55. The minimum absolute atomic E-state index is 0.0502. The Morgan fingerprint density at radius 1 is 1.00 bits per heavy atom. The molecule has 2 aliphatic carbocycles. The molecule has 5 heterocycles. The van der Waals surface area contributed by atoms with E-state index in [1.54, 1.807) is 4.90 Å². The summed E-state index contributed by atoms with van der Waals surface area (Å²) < 4.78 is 56.3. The van der Waals surface area contributed by atoms with E-state index in [1.807, 2.05) is 0 Å². The van der Waals surface area contributed by atoms with Crippen molar-refractivity contribution in [3.05, 3.63) is 41.5 Å². The molecule has 56 heavy (non-hydrogen) atoms. The molecule has 3 atom stereocenters. The Kier molecular flexibility index (Phi) is 9.20. The van der Waals surface area contributed by atoms with Crippen LogP contribution < -0.4 is 14.4 Å². The number of halogens is 2. The number of anilines is 1. The predicted molar refractivity (Wildman–Crippen MR) is 206 cm³/mol. The molecule has 5 aliphatic rings. The highest BCUT2D eigenvalue weighted by Crippen LogP contribution is 2.55. The van der Waals surface area contributed by atoms with E-state index in [0.29, 0.717) is 29.5 Å². The van der Waals surface area contributed by atoms with E-state index in [1.165, 1.54) is 44.2 Å². The highest BCUT2D eigenvalue weighted by atomic mass is 19.1. The molecule has 9 rings (SSSR count). The summed E-state index contributed by atoms with van der Waals surface area (Å²) in [6, 6.07) is 6.20. The summed E-state index contributed by atoms with van der Waals surface area (Å²) in [5.74, 6) is 3.19. The van der Waals surface area contributed by atoms with Gasteiger partial charge in [-0.3, -0.25) is 4.90 Å². The first-order valence-electron chi connectivity index (χ1n) is 19.5. The Labute approximate surface area is 324 Å². The van der Waals surface area contributed by atoms with Gasteiger partial charge in [-0.2, -0.15) is 9.97 Å². The van der Waals surface area contributed by atoms with Crippen molar-refractivity contribution in [2.75, 3.05) is 64.7 Å². The molecule has 2 N–H and O–H groups in total. The number of ether oxygens (including phenoxy) is 4. The van der Waals surface area contributed by atoms with Gasteiger partial charge in [0.15, 0.2) is 11.4 Å². The zero-order chi connectivity index (χ0) is 38.8. The summed E-state index contributed by atoms with van der Waals surface area (Å²) in [4.78, 5) is 18.6. The van der Waals surface area contributed by atoms with Gasteiger partial charge in [-0.05, 0) is 80.5 Å². The van der Waals surface area contributed by atoms with Gasteiger partial charge < -0.3 is 34.1 Å². The summed E-state index contributed by atoms with van der Waals surface area (Å²) in [6.45, 7) is 3.39. The number of β-amino-alcohol motifs (C(OH)–C–C–N with tert-alkyl or cyclic N) is 1. The molecule has 11 nitrogen and oxygen atoms in total. The van der Waals surface area contributed by atoms with Crippen molar-refractivity contribution < 1.29 is 37.9 Å². The number of piperidine rings is 1. The van der Waals surface area contributed by atoms with Crippen LogP contribution in [0.4, 0.5) is 14.6 Å². The normalized spacial score (nSPS) is 29.1. The third-order valence-corrected chi connectivity index (χ3v) is 13.1. The van der Waals surface area contributed by atoms with Gasteiger partial charge in [0.05, 0.1) is 45.6 Å². The van der Waals surface area contributed by atoms with Gasteiger partial charge in [0.25, 0.3) is 0 Å². The Bertz CT molecular complexity index is 2300. The van der Waals surface area contributed by atoms with Crippen LogP contribution in [0.2, 0.25) is 0 Å². The summed E-state index contributed by atoms with van der Waals surface area (Å²) in [5, 5.41) is 22.7. The van der Waals surface area contributed by atoms with E-state index in [4.69, 9.17) is 41.8 Å². The maximum atomic E-state index is 17.4. The van der Waals surface area contributed by atoms with Gasteiger partial charge in [-0.15, -0.1) is 12.8 Å². The zero-order valence-corrected chi connectivity index (χ0v) is 31.5. The molecular formula is C43H45F2N5O6. The van der Waals surface area contributed by atoms with Crippen molar-refractivity contribution >= 4 is 27.5 Å². The second-order valence-corrected chi connectivity index (χ2v) is 16.4. The first kappa shape index (κ1) is 36.8. The summed E-state index contributed by atoms with van der Waals surface area (Å²) in [6.07, 6.45) is 20.3. The summed E-state index contributed by atoms with van der Waals surface area (Å²) >= 11 is 0. The lowest BCUT2D eigenvalue weighted by molar-refractivity contribution is -0.0813. The lowest BCUT2D eigenvalue weighted by atomic mass is 9.63. The molecule has 3 saturated heterocycles. The second-order valence-electron chi connectivity index (χ2n) is 16.4. The first-order chi connectivity index (χ1) is 27.1. The average Bonchev–Trinajstić information content (AvgIpc) is 3.82. The van der Waals surface area contributed by atoms with Gasteiger partial charge in [0.2, 0.25) is 5.88 Å². The third-order valence-electron chi connectivity index (χ3n) is 13.1. The van der Waals surface area contributed by atoms with Crippen LogP contribution in [0.3, 0.4) is 0 Å². The number of pyridine rings is 1. The van der Waals surface area contributed by atoms with Crippen molar-refractivity contribution in [2.45, 2.75) is 69.1 Å². The van der Waals surface area contributed by atoms with Crippen LogP contribution in [0, 0.1) is 47.2 Å². The van der Waals surface area contributed by atoms with E-state index >= 15 is 8.78 Å². The number of phenols is 1. The van der Waals surface area contributed by atoms with Crippen molar-refractivity contribution in [1.82, 2.24) is 19.9 Å². The molecular weight excluding hydrogens is 720 g/mol. The Morgan fingerprint density at radius 2 is 1.82 bits per heavy atom. The molecule has 3 aliphatic heterocycles. The topological polar surface area (TPSA) is 123 Å². The number of benzene rings is 2. The highest BCUT2D eigenvalue weighted by molar-refractivity contribution is 6.04. The van der Waals surface area contributed by atoms with Crippen LogP contribution in [0.1, 0.15) is 56.9 Å². The molecule has 2 aromatic heterocycles. The molecule has 13 heteroatoms. The smallest absolute Gasteiger partial charge is 0.319 e. The SMILES string of the molecule is C#Cc1c(F)ccc2cc(O)cc(-c3nc(OC)c4c(N5CCOC[C@](O)(C#C)C5)nc(OCC56CCCC5N(C5CC7(CCOC7)C5)CCC6)nc4c3F)c12. The first-order valence-corrected chi connectivity index (χ1v) is 19.5. The van der Waals surface area contributed by atoms with E-state index in [-0.39, 0.29) is 88.3 Å². The van der Waals surface area contributed by atoms with E-state index < -0.39 is 17.2 Å². The minimum atomic E-state index is -1.67. The van der Waals surface area contributed by atoms with Crippen LogP contribution in [0.25, 0.3) is 32.9 Å². The number of likely N-dealkylation sites (tertiary alicyclic amines) is 1. The number of aromatic nitrogens is 3. The molecule has 0 amide bonds. The zero-order valence-electron chi connectivity index (χ0n) is 31.5. The number of hydrogen-bond acceptors (Lipinski definition) is 11. The third kappa shape index (κ3) is 6.08. The maximum absolute atomic E-state index is 17.4. The predicted octanol–water partition coefficient (Wildman–Crippen LogP) is 5.60. The number of aromatic hydroxyl groups is 1. The van der Waals surface area contributed by atoms with E-state index in [0.717, 1.165) is 58.3 Å². The van der Waals surface area contributed by atoms with E-state index in [9.17, 15) is 10.2 Å². The number of rotatable bonds is 7. The standard InChI is InChI=1S/C43H45F2N5O6/c1-4-29-31(44)10-9-26-18-28(51)19-30(33(26)29)36-35(45)37-34(39(46-36)53-3)38(49-15-17-55-25-43(52,5-2)22-49)48-40(47-37)56-24-42-11-6-8-32(42)50(14-7-12-42)27-20-41(21-27)13-16-54-23-41/h1-2,9-10,18-19,27,32,51-52H,6-8,11-17,20-25H2,3H3/t27?,32?,41?,42?,43-/m0/s1. The van der Waals surface area contributed by atoms with Crippen LogP contribution in [0.15, 0.2) is 24.3 Å². The largest absolute Gasteiger partial charge is 0.508 e. The van der Waals surface area contributed by atoms with Crippen LogP contribution in [0.5, 0.6) is 17.6 Å². The molecule has 2 aromatic carbocycles. The van der Waals surface area contributed by atoms with Gasteiger partial charge in [0.1, 0.15) is 34.0 Å². The van der Waals surface area contributed by atoms with Crippen molar-refractivity contribution in [3.8, 4) is 53.6 Å². The minimum Gasteiger partial charge on any atom is -0.508 e. The molecule has 2 unspecified atom stereocenters. The van der Waals surface area contributed by atoms with Crippen LogP contribution >= 0.6 is 0 Å². The Hall–Kier alpha value is -4.79. The van der Waals surface area contributed by atoms with Gasteiger partial charge >= 0.3 is 6.01 Å². The van der Waals surface area contributed by atoms with Crippen molar-refractivity contribution in [1.29, 1.82) is 0 Å². The number of hydrogen-bond donors (Lipinski definition) is 2. The lowest BCUT2D eigenvalue weighted by Crippen LogP contribution is -2.60. The molecule has 2 saturated carbocycles. The number of nitrogens with zero attached hydrogens (tertiary/aromatic N) is 5. The second kappa shape index (κ2) is 14.0. The number of phenolic OH excluding ortho intramolecular Hbond substituents is 1. The quantitative estimate of drug-likeness (QED) is 0.229. The van der Waals surface area contributed by atoms with Crippen LogP contribution in [-0.2, 0) is 9.47 Å². The number of terminal acetylenes is 2. The molecule has 292 valence electrons. The maximum Gasteiger partial charge on any atom is 0.319 e. The Balaban J connectivity index is 1.15. The van der Waals surface area contributed by atoms with Gasteiger partial charge in [-0.25, -0.2) is 13.8 Å². The molecule has 0 bridgehead atoms. The van der Waals surface area contributed by atoms with Crippen molar-refractivity contribution in [3.63, 3.8) is 0 Å². The average molecular weight is 766 g/mol. The monoisotopic (exact) mass is 765 g/mol. The fraction of sp³-hybridized carbons (Fsp3) is 0.512. The number of fused-ring (bicyclic) bond motifs is 3. The fourth-order valence-electron chi connectivity index (χ4n) is 10.3. The van der Waals surface area contributed by atoms with Gasteiger partial charge in [0, 0.05) is 41.6 Å². The molecule has 4 aromatic rings. The molecule has 1 spiro atoms. The number of methoxy groups -OCH3 is 1. The molecule has 0 radical (unpaired) electrons.